The molecule has 0 spiro atoms. The zero-order chi connectivity index (χ0) is 13.1. The van der Waals surface area contributed by atoms with Crippen molar-refractivity contribution in [2.24, 2.45) is 5.92 Å². The molecular weight excluding hydrogens is 230 g/mol. The Balaban J connectivity index is 1.88. The summed E-state index contributed by atoms with van der Waals surface area (Å²) in [4.78, 5) is 12.1. The van der Waals surface area contributed by atoms with Gasteiger partial charge < -0.3 is 15.2 Å². The molecule has 5 nitrogen and oxygen atoms in total. The molecule has 0 aliphatic carbocycles. The van der Waals surface area contributed by atoms with Crippen molar-refractivity contribution < 1.29 is 9.32 Å². The van der Waals surface area contributed by atoms with Gasteiger partial charge in [-0.05, 0) is 40.2 Å². The minimum atomic E-state index is 0.127. The van der Waals surface area contributed by atoms with Gasteiger partial charge >= 0.3 is 0 Å². The van der Waals surface area contributed by atoms with Crippen molar-refractivity contribution in [3.8, 4) is 0 Å². The molecule has 100 valence electrons. The number of carbonyl (C=O) groups excluding carboxylic acids is 1. The van der Waals surface area contributed by atoms with E-state index >= 15 is 0 Å². The van der Waals surface area contributed by atoms with Crippen molar-refractivity contribution >= 4 is 5.91 Å². The Labute approximate surface area is 107 Å². The summed E-state index contributed by atoms with van der Waals surface area (Å²) in [6.45, 7) is 7.31. The van der Waals surface area contributed by atoms with Crippen LogP contribution in [0.4, 0.5) is 0 Å². The lowest BCUT2D eigenvalue weighted by atomic mass is 9.92. The molecule has 1 fully saturated rings. The van der Waals surface area contributed by atoms with Crippen LogP contribution in [0.5, 0.6) is 0 Å². The topological polar surface area (TPSA) is 67.2 Å². The normalized spacial score (nSPS) is 23.9. The van der Waals surface area contributed by atoms with E-state index < -0.39 is 0 Å². The summed E-state index contributed by atoms with van der Waals surface area (Å²) in [6, 6.07) is 0.425. The van der Waals surface area contributed by atoms with Crippen molar-refractivity contribution in [3.63, 3.8) is 0 Å². The molecule has 0 saturated carbocycles. The third-order valence-corrected chi connectivity index (χ3v) is 3.62. The molecule has 5 heteroatoms. The number of nitrogens with one attached hydrogen (secondary N) is 2. The van der Waals surface area contributed by atoms with E-state index in [9.17, 15) is 4.79 Å². The van der Waals surface area contributed by atoms with E-state index in [2.05, 4.69) is 22.7 Å². The Bertz CT molecular complexity index is 408. The average molecular weight is 251 g/mol. The third kappa shape index (κ3) is 2.90. The second kappa shape index (κ2) is 5.52. The van der Waals surface area contributed by atoms with Crippen LogP contribution in [0.15, 0.2) is 4.52 Å². The van der Waals surface area contributed by atoms with Crippen LogP contribution in [-0.4, -0.2) is 23.7 Å². The summed E-state index contributed by atoms with van der Waals surface area (Å²) in [6.07, 6.45) is 1.82. The molecular formula is C13H21N3O2. The van der Waals surface area contributed by atoms with Gasteiger partial charge in [-0.2, -0.15) is 0 Å². The van der Waals surface area contributed by atoms with Crippen LogP contribution in [0.2, 0.25) is 0 Å². The van der Waals surface area contributed by atoms with Gasteiger partial charge in [0.25, 0.3) is 0 Å². The Morgan fingerprint density at radius 1 is 1.56 bits per heavy atom. The molecule has 2 heterocycles. The van der Waals surface area contributed by atoms with E-state index in [4.69, 9.17) is 4.52 Å². The number of aryl methyl sites for hydroxylation is 2. The average Bonchev–Trinajstić information content (AvgIpc) is 2.66. The number of piperidine rings is 1. The van der Waals surface area contributed by atoms with Crippen molar-refractivity contribution in [3.05, 3.63) is 17.0 Å². The van der Waals surface area contributed by atoms with Gasteiger partial charge in [0.15, 0.2) is 0 Å². The number of rotatable bonds is 3. The van der Waals surface area contributed by atoms with E-state index in [0.717, 1.165) is 36.4 Å². The molecule has 2 unspecified atom stereocenters. The Morgan fingerprint density at radius 2 is 2.33 bits per heavy atom. The minimum Gasteiger partial charge on any atom is -0.361 e. The van der Waals surface area contributed by atoms with Crippen molar-refractivity contribution in [1.29, 1.82) is 0 Å². The molecule has 1 aliphatic heterocycles. The molecule has 2 atom stereocenters. The van der Waals surface area contributed by atoms with Crippen molar-refractivity contribution in [2.75, 3.05) is 6.54 Å². The Morgan fingerprint density at radius 3 is 2.94 bits per heavy atom. The Hall–Kier alpha value is -1.36. The summed E-state index contributed by atoms with van der Waals surface area (Å²) < 4.78 is 5.08. The Kier molecular flexibility index (Phi) is 4.01. The van der Waals surface area contributed by atoms with Gasteiger partial charge in [0.05, 0.1) is 5.69 Å². The van der Waals surface area contributed by atoms with Crippen LogP contribution in [0.1, 0.15) is 36.8 Å². The molecule has 0 bridgehead atoms. The minimum absolute atomic E-state index is 0.127. The lowest BCUT2D eigenvalue weighted by Crippen LogP contribution is -2.42. The lowest BCUT2D eigenvalue weighted by Gasteiger charge is -2.27. The van der Waals surface area contributed by atoms with Gasteiger partial charge in [-0.25, -0.2) is 0 Å². The fraction of sp³-hybridized carbons (Fsp3) is 0.692. The van der Waals surface area contributed by atoms with Crippen molar-refractivity contribution in [1.82, 2.24) is 15.8 Å². The third-order valence-electron chi connectivity index (χ3n) is 3.62. The molecule has 1 saturated heterocycles. The number of hydrogen-bond acceptors (Lipinski definition) is 4. The van der Waals surface area contributed by atoms with Gasteiger partial charge in [-0.15, -0.1) is 0 Å². The molecule has 0 aromatic carbocycles. The van der Waals surface area contributed by atoms with Crippen LogP contribution in [0.25, 0.3) is 0 Å². The first-order chi connectivity index (χ1) is 8.58. The molecule has 1 aliphatic rings. The van der Waals surface area contributed by atoms with Crippen LogP contribution in [0.3, 0.4) is 0 Å². The predicted octanol–water partition coefficient (Wildman–Crippen LogP) is 1.30. The van der Waals surface area contributed by atoms with E-state index in [0.29, 0.717) is 12.6 Å². The van der Waals surface area contributed by atoms with Gasteiger partial charge in [0, 0.05) is 24.1 Å². The number of amides is 1. The first-order valence-electron chi connectivity index (χ1n) is 6.50. The molecule has 1 aromatic heterocycles. The van der Waals surface area contributed by atoms with Crippen LogP contribution < -0.4 is 10.6 Å². The second-order valence-corrected chi connectivity index (χ2v) is 5.10. The SMILES string of the molecule is Cc1noc(C)c1CNC(=O)C1CCNC(C)C1. The van der Waals surface area contributed by atoms with E-state index in [-0.39, 0.29) is 11.8 Å². The van der Waals surface area contributed by atoms with Gasteiger partial charge in [0.2, 0.25) is 5.91 Å². The van der Waals surface area contributed by atoms with E-state index in [1.54, 1.807) is 0 Å². The standard InChI is InChI=1S/C13H21N3O2/c1-8-6-11(4-5-14-8)13(17)15-7-12-9(2)16-18-10(12)3/h8,11,14H,4-7H2,1-3H3,(H,15,17). The summed E-state index contributed by atoms with van der Waals surface area (Å²) in [5, 5.41) is 10.2. The summed E-state index contributed by atoms with van der Waals surface area (Å²) in [7, 11) is 0. The number of nitrogens with zero attached hydrogens (tertiary/aromatic N) is 1. The molecule has 2 rings (SSSR count). The van der Waals surface area contributed by atoms with Crippen LogP contribution in [0, 0.1) is 19.8 Å². The maximum Gasteiger partial charge on any atom is 0.223 e. The van der Waals surface area contributed by atoms with Crippen molar-refractivity contribution in [2.45, 2.75) is 46.2 Å². The number of aromatic nitrogens is 1. The molecule has 18 heavy (non-hydrogen) atoms. The second-order valence-electron chi connectivity index (χ2n) is 5.10. The molecule has 1 aromatic rings. The van der Waals surface area contributed by atoms with E-state index in [1.165, 1.54) is 0 Å². The molecule has 2 N–H and O–H groups in total. The van der Waals surface area contributed by atoms with Crippen LogP contribution in [-0.2, 0) is 11.3 Å². The fourth-order valence-corrected chi connectivity index (χ4v) is 2.44. The fourth-order valence-electron chi connectivity index (χ4n) is 2.44. The van der Waals surface area contributed by atoms with Crippen LogP contribution >= 0.6 is 0 Å². The molecule has 0 radical (unpaired) electrons. The quantitative estimate of drug-likeness (QED) is 0.849. The maximum absolute atomic E-state index is 12.1. The van der Waals surface area contributed by atoms with Gasteiger partial charge in [0.1, 0.15) is 5.76 Å². The van der Waals surface area contributed by atoms with E-state index in [1.807, 2.05) is 13.8 Å². The summed E-state index contributed by atoms with van der Waals surface area (Å²) >= 11 is 0. The van der Waals surface area contributed by atoms with Gasteiger partial charge in [-0.3, -0.25) is 4.79 Å². The zero-order valence-electron chi connectivity index (χ0n) is 11.2. The molecule has 1 amide bonds. The highest BCUT2D eigenvalue weighted by atomic mass is 16.5. The van der Waals surface area contributed by atoms with Gasteiger partial charge in [-0.1, -0.05) is 5.16 Å². The summed E-state index contributed by atoms with van der Waals surface area (Å²) in [5.74, 6) is 1.05. The highest BCUT2D eigenvalue weighted by molar-refractivity contribution is 5.78. The zero-order valence-corrected chi connectivity index (χ0v) is 11.2. The predicted molar refractivity (Wildman–Crippen MR) is 68.0 cm³/mol. The summed E-state index contributed by atoms with van der Waals surface area (Å²) in [5.41, 5.74) is 1.84. The number of hydrogen-bond donors (Lipinski definition) is 2. The highest BCUT2D eigenvalue weighted by Crippen LogP contribution is 2.17. The first kappa shape index (κ1) is 13.1. The highest BCUT2D eigenvalue weighted by Gasteiger charge is 2.24. The first-order valence-corrected chi connectivity index (χ1v) is 6.50. The largest absolute Gasteiger partial charge is 0.361 e. The monoisotopic (exact) mass is 251 g/mol. The smallest absolute Gasteiger partial charge is 0.223 e. The maximum atomic E-state index is 12.1. The number of carbonyl (C=O) groups is 1. The lowest BCUT2D eigenvalue weighted by molar-refractivity contribution is -0.126.